The van der Waals surface area contributed by atoms with Gasteiger partial charge in [0, 0.05) is 25.7 Å². The van der Waals surface area contributed by atoms with Crippen LogP contribution in [-0.2, 0) is 65.4 Å². The van der Waals surface area contributed by atoms with E-state index in [1.54, 1.807) is 0 Å². The molecular formula is C94H184O17P2. The molecule has 0 heterocycles. The molecule has 0 spiro atoms. The summed E-state index contributed by atoms with van der Waals surface area (Å²) in [7, 11) is -9.94. The summed E-state index contributed by atoms with van der Waals surface area (Å²) in [5.41, 5.74) is 0. The molecule has 0 aliphatic carbocycles. The highest BCUT2D eigenvalue weighted by atomic mass is 31.2. The van der Waals surface area contributed by atoms with Crippen molar-refractivity contribution in [2.75, 3.05) is 39.6 Å². The number of phosphoric ester groups is 2. The van der Waals surface area contributed by atoms with Gasteiger partial charge in [0.25, 0.3) is 0 Å². The molecule has 0 amide bonds. The fraction of sp³-hybridized carbons (Fsp3) is 0.957. The van der Waals surface area contributed by atoms with E-state index in [4.69, 9.17) is 37.0 Å². The summed E-state index contributed by atoms with van der Waals surface area (Å²) in [6, 6.07) is 0. The van der Waals surface area contributed by atoms with E-state index in [9.17, 15) is 43.2 Å². The van der Waals surface area contributed by atoms with Gasteiger partial charge >= 0.3 is 39.5 Å². The van der Waals surface area contributed by atoms with E-state index in [1.807, 2.05) is 0 Å². The van der Waals surface area contributed by atoms with E-state index in [0.717, 1.165) is 108 Å². The second-order valence-electron chi connectivity index (χ2n) is 35.0. The van der Waals surface area contributed by atoms with E-state index < -0.39 is 97.5 Å². The van der Waals surface area contributed by atoms with E-state index >= 15 is 0 Å². The Hall–Kier alpha value is -1.94. The molecule has 672 valence electrons. The third kappa shape index (κ3) is 86.3. The van der Waals surface area contributed by atoms with Crippen LogP contribution in [0.15, 0.2) is 0 Å². The molecule has 6 atom stereocenters. The molecule has 3 unspecified atom stereocenters. The first kappa shape index (κ1) is 111. The lowest BCUT2D eigenvalue weighted by atomic mass is 9.99. The molecule has 0 aliphatic rings. The summed E-state index contributed by atoms with van der Waals surface area (Å²) in [5.74, 6) is 0.314. The molecule has 0 aromatic heterocycles. The van der Waals surface area contributed by atoms with Gasteiger partial charge in [0.05, 0.1) is 26.4 Å². The van der Waals surface area contributed by atoms with Crippen molar-refractivity contribution >= 4 is 39.5 Å². The zero-order chi connectivity index (χ0) is 82.9. The third-order valence-electron chi connectivity index (χ3n) is 22.5. The van der Waals surface area contributed by atoms with E-state index in [1.165, 1.54) is 315 Å². The van der Waals surface area contributed by atoms with Gasteiger partial charge in [-0.05, 0) is 43.4 Å². The highest BCUT2D eigenvalue weighted by molar-refractivity contribution is 7.47. The first-order valence-corrected chi connectivity index (χ1v) is 51.4. The summed E-state index contributed by atoms with van der Waals surface area (Å²) in [4.78, 5) is 73.5. The monoisotopic (exact) mass is 1650 g/mol. The van der Waals surface area contributed by atoms with E-state index in [0.29, 0.717) is 25.7 Å². The smallest absolute Gasteiger partial charge is 0.462 e. The quantitative estimate of drug-likeness (QED) is 0.0222. The Morgan fingerprint density at radius 3 is 0.673 bits per heavy atom. The molecule has 0 bridgehead atoms. The van der Waals surface area contributed by atoms with Crippen LogP contribution in [0.3, 0.4) is 0 Å². The maximum Gasteiger partial charge on any atom is 0.472 e. The van der Waals surface area contributed by atoms with Gasteiger partial charge < -0.3 is 33.8 Å². The molecule has 113 heavy (non-hydrogen) atoms. The average molecular weight is 1650 g/mol. The summed E-state index contributed by atoms with van der Waals surface area (Å²) in [5, 5.41) is 10.7. The minimum Gasteiger partial charge on any atom is -0.462 e. The lowest BCUT2D eigenvalue weighted by Crippen LogP contribution is -2.30. The van der Waals surface area contributed by atoms with Crippen LogP contribution in [0.1, 0.15) is 504 Å². The number of aliphatic hydroxyl groups is 1. The number of carbonyl (C=O) groups excluding carboxylic acids is 4. The van der Waals surface area contributed by atoms with Crippen LogP contribution in [0.5, 0.6) is 0 Å². The number of esters is 4. The van der Waals surface area contributed by atoms with Crippen LogP contribution >= 0.6 is 15.6 Å². The van der Waals surface area contributed by atoms with Crippen molar-refractivity contribution in [3.63, 3.8) is 0 Å². The van der Waals surface area contributed by atoms with Gasteiger partial charge in [0.2, 0.25) is 0 Å². The van der Waals surface area contributed by atoms with Crippen molar-refractivity contribution in [1.29, 1.82) is 0 Å². The summed E-state index contributed by atoms with van der Waals surface area (Å²) in [6.07, 6.45) is 77.9. The Morgan fingerprint density at radius 1 is 0.257 bits per heavy atom. The molecule has 19 heteroatoms. The Bertz CT molecular complexity index is 2170. The number of ether oxygens (including phenoxy) is 4. The average Bonchev–Trinajstić information content (AvgIpc) is 0.893. The van der Waals surface area contributed by atoms with Gasteiger partial charge in [-0.3, -0.25) is 37.3 Å². The minimum atomic E-state index is -4.97. The lowest BCUT2D eigenvalue weighted by molar-refractivity contribution is -0.161. The molecule has 0 fully saturated rings. The van der Waals surface area contributed by atoms with Crippen LogP contribution in [0.2, 0.25) is 0 Å². The van der Waals surface area contributed by atoms with Gasteiger partial charge in [0.15, 0.2) is 12.2 Å². The van der Waals surface area contributed by atoms with Crippen LogP contribution in [0.25, 0.3) is 0 Å². The molecule has 0 aromatic rings. The van der Waals surface area contributed by atoms with Gasteiger partial charge in [-0.25, -0.2) is 9.13 Å². The normalized spacial score (nSPS) is 14.0. The number of phosphoric acid groups is 2. The summed E-state index contributed by atoms with van der Waals surface area (Å²) in [6.45, 7) is 12.1. The van der Waals surface area contributed by atoms with Crippen molar-refractivity contribution < 1.29 is 80.2 Å². The molecule has 0 rings (SSSR count). The van der Waals surface area contributed by atoms with Crippen LogP contribution in [-0.4, -0.2) is 96.7 Å². The van der Waals surface area contributed by atoms with Gasteiger partial charge in [-0.2, -0.15) is 0 Å². The predicted molar refractivity (Wildman–Crippen MR) is 469 cm³/mol. The van der Waals surface area contributed by atoms with Gasteiger partial charge in [-0.1, -0.05) is 453 Å². The largest absolute Gasteiger partial charge is 0.472 e. The summed E-state index contributed by atoms with van der Waals surface area (Å²) >= 11 is 0. The topological polar surface area (TPSA) is 237 Å². The number of aliphatic hydroxyl groups excluding tert-OH is 1. The zero-order valence-corrected chi connectivity index (χ0v) is 76.7. The number of rotatable bonds is 92. The van der Waals surface area contributed by atoms with Crippen LogP contribution < -0.4 is 0 Å². The van der Waals surface area contributed by atoms with E-state index in [2.05, 4.69) is 48.5 Å². The molecule has 0 aromatic carbocycles. The second-order valence-corrected chi connectivity index (χ2v) is 37.9. The van der Waals surface area contributed by atoms with Crippen molar-refractivity contribution in [2.24, 2.45) is 17.8 Å². The number of hydrogen-bond acceptors (Lipinski definition) is 15. The zero-order valence-electron chi connectivity index (χ0n) is 74.9. The highest BCUT2D eigenvalue weighted by Crippen LogP contribution is 2.45. The Labute approximate surface area is 696 Å². The van der Waals surface area contributed by atoms with Crippen molar-refractivity contribution in [1.82, 2.24) is 0 Å². The molecule has 17 nitrogen and oxygen atoms in total. The third-order valence-corrected chi connectivity index (χ3v) is 24.4. The Kier molecular flexibility index (Phi) is 82.3. The number of carbonyl (C=O) groups is 4. The SMILES string of the molecule is CCCCCCCCCCCCCCCCCCCCCCCCC(=O)OC[C@H](COP(=O)(O)OC[C@@H](O)COP(=O)(O)OC[C@@H](COC(=O)CCCCCCCCCCCC(C)C)OC(=O)CCCCCCCCCCCCCCCCC(C)C)OC(=O)CCCCCCCCCCCCCCCCCCCCC(C)CC. The maximum atomic E-state index is 13.2. The molecule has 0 aliphatic heterocycles. The fourth-order valence-electron chi connectivity index (χ4n) is 14.8. The maximum absolute atomic E-state index is 13.2. The fourth-order valence-corrected chi connectivity index (χ4v) is 16.3. The van der Waals surface area contributed by atoms with Gasteiger partial charge in [0.1, 0.15) is 19.3 Å². The van der Waals surface area contributed by atoms with Gasteiger partial charge in [-0.15, -0.1) is 0 Å². The Balaban J connectivity index is 5.24. The Morgan fingerprint density at radius 2 is 0.451 bits per heavy atom. The number of hydrogen-bond donors (Lipinski definition) is 3. The predicted octanol–water partition coefficient (Wildman–Crippen LogP) is 29.2. The minimum absolute atomic E-state index is 0.107. The van der Waals surface area contributed by atoms with Crippen molar-refractivity contribution in [3.8, 4) is 0 Å². The highest BCUT2D eigenvalue weighted by Gasteiger charge is 2.31. The van der Waals surface area contributed by atoms with Crippen LogP contribution in [0, 0.1) is 17.8 Å². The molecular weight excluding hydrogens is 1460 g/mol. The number of unbranched alkanes of at least 4 members (excludes halogenated alkanes) is 59. The standard InChI is InChI=1S/C94H184O17P2/c1-8-10-11-12-13-14-15-16-17-18-19-20-21-22-26-29-35-40-47-54-61-68-75-91(96)104-81-89(110-93(98)77-70-63-56-48-41-36-30-27-24-23-25-28-34-39-46-53-60-67-74-87(7)9-2)83-108-112(100,101)106-79-88(95)80-107-113(102,103)109-84-90(82-105-92(97)76-69-62-55-50-43-45-52-59-66-73-86(5)6)111-94(99)78-71-64-57-49-42-37-32-31-33-38-44-51-58-65-72-85(3)4/h85-90,95H,8-84H2,1-7H3,(H,100,101)(H,102,103)/t87?,88-,89-,90-/m1/s1. The first-order valence-electron chi connectivity index (χ1n) is 48.4. The molecule has 0 saturated carbocycles. The van der Waals surface area contributed by atoms with Crippen LogP contribution in [0.4, 0.5) is 0 Å². The molecule has 0 radical (unpaired) electrons. The molecule has 3 N–H and O–H groups in total. The second kappa shape index (κ2) is 83.7. The summed E-state index contributed by atoms with van der Waals surface area (Å²) < 4.78 is 69.2. The molecule has 0 saturated heterocycles. The van der Waals surface area contributed by atoms with Crippen molar-refractivity contribution in [3.05, 3.63) is 0 Å². The first-order chi connectivity index (χ1) is 54.8. The van der Waals surface area contributed by atoms with Crippen molar-refractivity contribution in [2.45, 2.75) is 523 Å². The lowest BCUT2D eigenvalue weighted by Gasteiger charge is -2.21. The van der Waals surface area contributed by atoms with E-state index in [-0.39, 0.29) is 25.7 Å².